The summed E-state index contributed by atoms with van der Waals surface area (Å²) in [7, 11) is 0. The van der Waals surface area contributed by atoms with Crippen LogP contribution in [0, 0.1) is 12.5 Å². The Morgan fingerprint density at radius 3 is 2.17 bits per heavy atom. The molecule has 0 fully saturated rings. The van der Waals surface area contributed by atoms with Crippen molar-refractivity contribution in [3.8, 4) is 23.7 Å². The molecule has 0 saturated carbocycles. The largest absolute Gasteiger partial charge is 0.372 e. The molecule has 2 aliphatic carbocycles. The summed E-state index contributed by atoms with van der Waals surface area (Å²) in [5, 5.41) is 0. The minimum Gasteiger partial charge on any atom is -0.372 e. The fraction of sp³-hybridized carbons (Fsp3) is 0.0625. The van der Waals surface area contributed by atoms with Crippen LogP contribution in [0.15, 0.2) is 54.6 Å². The van der Waals surface area contributed by atoms with Crippen molar-refractivity contribution < 1.29 is 9.53 Å². The van der Waals surface area contributed by atoms with Gasteiger partial charge in [0, 0.05) is 0 Å². The van der Waals surface area contributed by atoms with Crippen LogP contribution in [0.3, 0.4) is 0 Å². The standard InChI is InChI=1S/C10H8O2.C6H4/c1-2-12-10(11)8-9-6-4-3-5-7-9;1-2-5-4-6(5)3-1/h1,3-7H,8H2;1-4H. The third-order valence-corrected chi connectivity index (χ3v) is 2.48. The van der Waals surface area contributed by atoms with Gasteiger partial charge in [0.05, 0.1) is 6.42 Å². The molecule has 2 nitrogen and oxygen atoms in total. The molecule has 0 amide bonds. The Morgan fingerprint density at radius 1 is 1.06 bits per heavy atom. The van der Waals surface area contributed by atoms with Crippen molar-refractivity contribution in [1.29, 1.82) is 0 Å². The van der Waals surface area contributed by atoms with Crippen LogP contribution in [0.2, 0.25) is 0 Å². The summed E-state index contributed by atoms with van der Waals surface area (Å²) in [6.45, 7) is 0. The first-order valence-corrected chi connectivity index (χ1v) is 5.59. The zero-order valence-corrected chi connectivity index (χ0v) is 9.80. The van der Waals surface area contributed by atoms with Crippen LogP contribution in [0.4, 0.5) is 0 Å². The first-order valence-electron chi connectivity index (χ1n) is 5.59. The van der Waals surface area contributed by atoms with E-state index in [1.165, 1.54) is 11.1 Å². The smallest absolute Gasteiger partial charge is 0.324 e. The number of fused-ring (bicyclic) bond motifs is 1. The fourth-order valence-corrected chi connectivity index (χ4v) is 1.54. The van der Waals surface area contributed by atoms with Gasteiger partial charge in [-0.2, -0.15) is 0 Å². The molecule has 2 heteroatoms. The molecule has 2 aliphatic rings. The Labute approximate surface area is 106 Å². The maximum atomic E-state index is 10.8. The number of ether oxygens (including phenoxy) is 1. The molecular formula is C16H12O2. The lowest BCUT2D eigenvalue weighted by Crippen LogP contribution is -2.03. The molecule has 18 heavy (non-hydrogen) atoms. The Kier molecular flexibility index (Phi) is 3.78. The summed E-state index contributed by atoms with van der Waals surface area (Å²) >= 11 is 0. The monoisotopic (exact) mass is 236 g/mol. The second-order valence-corrected chi connectivity index (χ2v) is 3.84. The van der Waals surface area contributed by atoms with Gasteiger partial charge < -0.3 is 4.74 Å². The van der Waals surface area contributed by atoms with Gasteiger partial charge in [0.1, 0.15) is 6.11 Å². The number of esters is 1. The molecule has 0 aliphatic heterocycles. The molecule has 0 saturated heterocycles. The fourth-order valence-electron chi connectivity index (χ4n) is 1.54. The number of rotatable bonds is 2. The highest BCUT2D eigenvalue weighted by Gasteiger charge is 2.07. The molecule has 0 N–H and O–H groups in total. The van der Waals surface area contributed by atoms with Gasteiger partial charge >= 0.3 is 5.97 Å². The molecule has 0 heterocycles. The summed E-state index contributed by atoms with van der Waals surface area (Å²) in [4.78, 5) is 10.8. The predicted octanol–water partition coefficient (Wildman–Crippen LogP) is 3.03. The average molecular weight is 236 g/mol. The molecule has 0 atom stereocenters. The van der Waals surface area contributed by atoms with Crippen LogP contribution < -0.4 is 0 Å². The van der Waals surface area contributed by atoms with E-state index in [4.69, 9.17) is 6.42 Å². The molecule has 0 unspecified atom stereocenters. The van der Waals surface area contributed by atoms with E-state index < -0.39 is 5.97 Å². The van der Waals surface area contributed by atoms with E-state index in [1.807, 2.05) is 36.4 Å². The second-order valence-electron chi connectivity index (χ2n) is 3.84. The normalized spacial score (nSPS) is 9.50. The Bertz CT molecular complexity index is 562. The van der Waals surface area contributed by atoms with Gasteiger partial charge in [-0.3, -0.25) is 4.79 Å². The van der Waals surface area contributed by atoms with Gasteiger partial charge in [0.25, 0.3) is 0 Å². The highest BCUT2D eigenvalue weighted by Crippen LogP contribution is 2.32. The van der Waals surface area contributed by atoms with Gasteiger partial charge in [-0.05, 0) is 22.8 Å². The number of carbonyl (C=O) groups is 1. The number of carbonyl (C=O) groups excluding carboxylic acids is 1. The Morgan fingerprint density at radius 2 is 1.72 bits per heavy atom. The summed E-state index contributed by atoms with van der Waals surface area (Å²) in [5.74, 6) is -0.399. The molecular weight excluding hydrogens is 224 g/mol. The molecule has 0 aromatic heterocycles. The zero-order chi connectivity index (χ0) is 12.8. The van der Waals surface area contributed by atoms with Crippen molar-refractivity contribution >= 4 is 5.97 Å². The highest BCUT2D eigenvalue weighted by atomic mass is 16.5. The predicted molar refractivity (Wildman–Crippen MR) is 70.5 cm³/mol. The van der Waals surface area contributed by atoms with E-state index in [-0.39, 0.29) is 6.42 Å². The molecule has 0 radical (unpaired) electrons. The van der Waals surface area contributed by atoms with E-state index >= 15 is 0 Å². The molecule has 0 spiro atoms. The highest BCUT2D eigenvalue weighted by molar-refractivity contribution is 5.80. The summed E-state index contributed by atoms with van der Waals surface area (Å²) in [6, 6.07) is 17.8. The van der Waals surface area contributed by atoms with E-state index in [2.05, 4.69) is 29.0 Å². The minimum atomic E-state index is -0.399. The lowest BCUT2D eigenvalue weighted by atomic mass is 10.2. The first-order chi connectivity index (χ1) is 8.79. The first kappa shape index (κ1) is 11.9. The van der Waals surface area contributed by atoms with Crippen LogP contribution in [-0.2, 0) is 16.0 Å². The van der Waals surface area contributed by atoms with Crippen LogP contribution >= 0.6 is 0 Å². The number of hydrogen-bond acceptors (Lipinski definition) is 2. The van der Waals surface area contributed by atoms with Crippen molar-refractivity contribution in [2.45, 2.75) is 6.42 Å². The molecule has 88 valence electrons. The van der Waals surface area contributed by atoms with Crippen LogP contribution in [0.1, 0.15) is 5.56 Å². The number of hydrogen-bond donors (Lipinski definition) is 0. The Balaban J connectivity index is 0.000000164. The minimum absolute atomic E-state index is 0.227. The maximum Gasteiger partial charge on any atom is 0.324 e. The average Bonchev–Trinajstić information content (AvgIpc) is 2.98. The van der Waals surface area contributed by atoms with Crippen LogP contribution in [0.25, 0.3) is 11.1 Å². The van der Waals surface area contributed by atoms with Gasteiger partial charge in [-0.25, -0.2) is 0 Å². The van der Waals surface area contributed by atoms with Gasteiger partial charge in [0.2, 0.25) is 0 Å². The van der Waals surface area contributed by atoms with E-state index in [0.717, 1.165) is 5.56 Å². The second kappa shape index (κ2) is 5.70. The quantitative estimate of drug-likeness (QED) is 0.505. The summed E-state index contributed by atoms with van der Waals surface area (Å²) < 4.78 is 4.33. The third-order valence-electron chi connectivity index (χ3n) is 2.48. The van der Waals surface area contributed by atoms with Crippen LogP contribution in [0.5, 0.6) is 0 Å². The number of terminal acetylenes is 1. The van der Waals surface area contributed by atoms with Crippen LogP contribution in [-0.4, -0.2) is 5.97 Å². The van der Waals surface area contributed by atoms with Crippen molar-refractivity contribution in [3.05, 3.63) is 60.2 Å². The van der Waals surface area contributed by atoms with Crippen molar-refractivity contribution in [2.75, 3.05) is 0 Å². The van der Waals surface area contributed by atoms with E-state index in [9.17, 15) is 4.79 Å². The topological polar surface area (TPSA) is 26.3 Å². The number of benzene rings is 2. The molecule has 1 aromatic carbocycles. The molecule has 3 rings (SSSR count). The van der Waals surface area contributed by atoms with Crippen molar-refractivity contribution in [1.82, 2.24) is 0 Å². The molecule has 1 aromatic rings. The Hall–Kier alpha value is -2.53. The zero-order valence-electron chi connectivity index (χ0n) is 9.80. The summed E-state index contributed by atoms with van der Waals surface area (Å²) in [5.41, 5.74) is 3.75. The lowest BCUT2D eigenvalue weighted by Gasteiger charge is -1.96. The van der Waals surface area contributed by atoms with E-state index in [1.54, 1.807) is 0 Å². The molecule has 0 bridgehead atoms. The van der Waals surface area contributed by atoms with Gasteiger partial charge in [0.15, 0.2) is 0 Å². The van der Waals surface area contributed by atoms with Gasteiger partial charge in [-0.1, -0.05) is 55.0 Å². The lowest BCUT2D eigenvalue weighted by molar-refractivity contribution is -0.136. The van der Waals surface area contributed by atoms with Crippen molar-refractivity contribution in [3.63, 3.8) is 0 Å². The third kappa shape index (κ3) is 3.50. The van der Waals surface area contributed by atoms with E-state index in [0.29, 0.717) is 0 Å². The van der Waals surface area contributed by atoms with Crippen molar-refractivity contribution in [2.24, 2.45) is 0 Å². The maximum absolute atomic E-state index is 10.8. The van der Waals surface area contributed by atoms with Gasteiger partial charge in [-0.15, -0.1) is 0 Å². The SMILES string of the molecule is C#COC(=O)Cc1ccccc1.c1cc2cc-2c1. The summed E-state index contributed by atoms with van der Waals surface area (Å²) in [6.07, 6.45) is 6.86.